The predicted molar refractivity (Wildman–Crippen MR) is 76.7 cm³/mol. The molecule has 1 aromatic rings. The van der Waals surface area contributed by atoms with E-state index in [0.717, 1.165) is 18.9 Å². The van der Waals surface area contributed by atoms with Gasteiger partial charge in [-0.15, -0.1) is 0 Å². The molecular weight excluding hydrogens is 322 g/mol. The number of hydrogen-bond acceptors (Lipinski definition) is 4. The Balaban J connectivity index is 2.43. The molecule has 0 aromatic heterocycles. The Hall–Kier alpha value is -0.630. The minimum Gasteiger partial charge on any atom is -0.207 e. The van der Waals surface area contributed by atoms with E-state index in [9.17, 15) is 16.8 Å². The SMILES string of the molecule is CCCN(C1CC1)S(=O)(=O)c1cccc(S(=O)(=O)Cl)c1. The predicted octanol–water partition coefficient (Wildman–Crippen LogP) is 2.18. The van der Waals surface area contributed by atoms with Gasteiger partial charge in [0.15, 0.2) is 0 Å². The van der Waals surface area contributed by atoms with E-state index in [0.29, 0.717) is 13.0 Å². The molecule has 112 valence electrons. The average molecular weight is 338 g/mol. The molecule has 0 bridgehead atoms. The van der Waals surface area contributed by atoms with E-state index in [1.807, 2.05) is 6.92 Å². The number of hydrogen-bond donors (Lipinski definition) is 0. The normalized spacial score (nSPS) is 16.6. The van der Waals surface area contributed by atoms with Crippen LogP contribution in [0.25, 0.3) is 0 Å². The molecule has 0 atom stereocenters. The lowest BCUT2D eigenvalue weighted by Crippen LogP contribution is -2.33. The number of rotatable bonds is 6. The summed E-state index contributed by atoms with van der Waals surface area (Å²) in [5.41, 5.74) is 0. The Morgan fingerprint density at radius 1 is 1.20 bits per heavy atom. The fraction of sp³-hybridized carbons (Fsp3) is 0.500. The first-order chi connectivity index (χ1) is 9.26. The molecule has 1 saturated carbocycles. The highest BCUT2D eigenvalue weighted by Crippen LogP contribution is 2.32. The van der Waals surface area contributed by atoms with Crippen molar-refractivity contribution in [2.24, 2.45) is 0 Å². The van der Waals surface area contributed by atoms with E-state index in [1.54, 1.807) is 0 Å². The third-order valence-electron chi connectivity index (χ3n) is 3.09. The van der Waals surface area contributed by atoms with Crippen LogP contribution in [0.3, 0.4) is 0 Å². The average Bonchev–Trinajstić information content (AvgIpc) is 3.19. The molecule has 8 heteroatoms. The van der Waals surface area contributed by atoms with Crippen molar-refractivity contribution < 1.29 is 16.8 Å². The fourth-order valence-electron chi connectivity index (χ4n) is 2.00. The van der Waals surface area contributed by atoms with E-state index in [2.05, 4.69) is 0 Å². The molecule has 0 unspecified atom stereocenters. The van der Waals surface area contributed by atoms with Gasteiger partial charge in [-0.3, -0.25) is 0 Å². The first kappa shape index (κ1) is 15.8. The minimum atomic E-state index is -3.94. The summed E-state index contributed by atoms with van der Waals surface area (Å²) < 4.78 is 49.2. The van der Waals surface area contributed by atoms with E-state index in [4.69, 9.17) is 10.7 Å². The van der Waals surface area contributed by atoms with Crippen LogP contribution >= 0.6 is 10.7 Å². The smallest absolute Gasteiger partial charge is 0.207 e. The Morgan fingerprint density at radius 3 is 2.30 bits per heavy atom. The van der Waals surface area contributed by atoms with Crippen LogP contribution in [0.15, 0.2) is 34.1 Å². The number of sulfonamides is 1. The Kier molecular flexibility index (Phi) is 4.44. The van der Waals surface area contributed by atoms with Gasteiger partial charge in [-0.25, -0.2) is 16.8 Å². The van der Waals surface area contributed by atoms with Gasteiger partial charge in [0.1, 0.15) is 0 Å². The van der Waals surface area contributed by atoms with Gasteiger partial charge in [0, 0.05) is 23.3 Å². The highest BCUT2D eigenvalue weighted by molar-refractivity contribution is 8.13. The monoisotopic (exact) mass is 337 g/mol. The fourth-order valence-corrected chi connectivity index (χ4v) is 4.70. The summed E-state index contributed by atoms with van der Waals surface area (Å²) in [6, 6.07) is 5.22. The largest absolute Gasteiger partial charge is 0.261 e. The van der Waals surface area contributed by atoms with Crippen molar-refractivity contribution in [3.8, 4) is 0 Å². The van der Waals surface area contributed by atoms with Crippen LogP contribution < -0.4 is 0 Å². The van der Waals surface area contributed by atoms with Gasteiger partial charge in [0.25, 0.3) is 9.05 Å². The molecule has 0 aliphatic heterocycles. The molecular formula is C12H16ClNO4S2. The zero-order valence-corrected chi connectivity index (χ0v) is 13.4. The first-order valence-electron chi connectivity index (χ1n) is 6.33. The lowest BCUT2D eigenvalue weighted by Gasteiger charge is -2.21. The van der Waals surface area contributed by atoms with Gasteiger partial charge < -0.3 is 0 Å². The maximum atomic E-state index is 12.6. The van der Waals surface area contributed by atoms with Gasteiger partial charge in [0.05, 0.1) is 9.79 Å². The highest BCUT2D eigenvalue weighted by Gasteiger charge is 2.37. The van der Waals surface area contributed by atoms with Crippen LogP contribution in [-0.2, 0) is 19.1 Å². The molecule has 1 aliphatic rings. The third kappa shape index (κ3) is 3.33. The molecule has 0 heterocycles. The summed E-state index contributed by atoms with van der Waals surface area (Å²) in [5.74, 6) is 0. The molecule has 0 N–H and O–H groups in total. The molecule has 0 saturated heterocycles. The van der Waals surface area contributed by atoms with Crippen molar-refractivity contribution in [3.05, 3.63) is 24.3 Å². The summed E-state index contributed by atoms with van der Waals surface area (Å²) in [5, 5.41) is 0. The second kappa shape index (κ2) is 5.63. The maximum Gasteiger partial charge on any atom is 0.261 e. The van der Waals surface area contributed by atoms with Crippen LogP contribution in [0.1, 0.15) is 26.2 Å². The summed E-state index contributed by atoms with van der Waals surface area (Å²) in [6.07, 6.45) is 2.42. The minimum absolute atomic E-state index is 0.0282. The zero-order valence-electron chi connectivity index (χ0n) is 11.0. The van der Waals surface area contributed by atoms with Crippen molar-refractivity contribution in [2.45, 2.75) is 42.0 Å². The molecule has 20 heavy (non-hydrogen) atoms. The Morgan fingerprint density at radius 2 is 1.80 bits per heavy atom. The van der Waals surface area contributed by atoms with Crippen molar-refractivity contribution >= 4 is 29.8 Å². The van der Waals surface area contributed by atoms with Crippen LogP contribution in [0.4, 0.5) is 0 Å². The molecule has 1 fully saturated rings. The highest BCUT2D eigenvalue weighted by atomic mass is 35.7. The zero-order chi connectivity index (χ0) is 15.0. The van der Waals surface area contributed by atoms with Crippen LogP contribution in [0, 0.1) is 0 Å². The summed E-state index contributed by atoms with van der Waals surface area (Å²) >= 11 is 0. The van der Waals surface area contributed by atoms with Crippen molar-refractivity contribution in [3.63, 3.8) is 0 Å². The van der Waals surface area contributed by atoms with Crippen LogP contribution in [0.5, 0.6) is 0 Å². The topological polar surface area (TPSA) is 71.5 Å². The van der Waals surface area contributed by atoms with Crippen molar-refractivity contribution in [1.29, 1.82) is 0 Å². The first-order valence-corrected chi connectivity index (χ1v) is 10.1. The molecule has 5 nitrogen and oxygen atoms in total. The molecule has 0 spiro atoms. The molecule has 2 rings (SSSR count). The summed E-state index contributed by atoms with van der Waals surface area (Å²) in [6.45, 7) is 2.34. The number of benzene rings is 1. The molecule has 0 amide bonds. The Bertz CT molecular complexity index is 696. The maximum absolute atomic E-state index is 12.6. The van der Waals surface area contributed by atoms with E-state index < -0.39 is 19.1 Å². The molecule has 1 aromatic carbocycles. The van der Waals surface area contributed by atoms with Gasteiger partial charge in [-0.2, -0.15) is 4.31 Å². The van der Waals surface area contributed by atoms with Gasteiger partial charge in [0.2, 0.25) is 10.0 Å². The van der Waals surface area contributed by atoms with E-state index in [1.165, 1.54) is 22.5 Å². The van der Waals surface area contributed by atoms with Gasteiger partial charge in [-0.05, 0) is 37.5 Å². The van der Waals surface area contributed by atoms with Gasteiger partial charge in [-0.1, -0.05) is 13.0 Å². The van der Waals surface area contributed by atoms with Crippen LogP contribution in [-0.4, -0.2) is 33.7 Å². The molecule has 1 aliphatic carbocycles. The quantitative estimate of drug-likeness (QED) is 0.746. The second-order valence-corrected chi connectivity index (χ2v) is 9.22. The summed E-state index contributed by atoms with van der Waals surface area (Å²) in [7, 11) is -2.35. The lowest BCUT2D eigenvalue weighted by atomic mass is 10.4. The Labute approximate surface area is 124 Å². The van der Waals surface area contributed by atoms with Crippen molar-refractivity contribution in [1.82, 2.24) is 4.31 Å². The van der Waals surface area contributed by atoms with Crippen molar-refractivity contribution in [2.75, 3.05) is 6.54 Å². The lowest BCUT2D eigenvalue weighted by molar-refractivity contribution is 0.403. The second-order valence-electron chi connectivity index (χ2n) is 4.76. The standard InChI is InChI=1S/C12H16ClNO4S2/c1-2-8-14(10-6-7-10)20(17,18)12-5-3-4-11(9-12)19(13,15)16/h3-5,9-10H,2,6-8H2,1H3. The van der Waals surface area contributed by atoms with E-state index in [-0.39, 0.29) is 15.8 Å². The van der Waals surface area contributed by atoms with E-state index >= 15 is 0 Å². The number of nitrogens with zero attached hydrogens (tertiary/aromatic N) is 1. The third-order valence-corrected chi connectivity index (χ3v) is 6.39. The molecule has 0 radical (unpaired) electrons. The number of halogens is 1. The summed E-state index contributed by atoms with van der Waals surface area (Å²) in [4.78, 5) is -0.230. The van der Waals surface area contributed by atoms with Gasteiger partial charge >= 0.3 is 0 Å². The van der Waals surface area contributed by atoms with Crippen LogP contribution in [0.2, 0.25) is 0 Å².